The summed E-state index contributed by atoms with van der Waals surface area (Å²) in [6.45, 7) is 13.6. The molecule has 4 rings (SSSR count). The van der Waals surface area contributed by atoms with Gasteiger partial charge in [0.2, 0.25) is 5.17 Å². The normalized spacial score (nSPS) is 16.5. The maximum Gasteiger partial charge on any atom is 0.283 e. The third-order valence-corrected chi connectivity index (χ3v) is 7.08. The van der Waals surface area contributed by atoms with E-state index >= 15 is 0 Å². The third kappa shape index (κ3) is 6.27. The number of hydrazone groups is 1. The highest BCUT2D eigenvalue weighted by Gasteiger charge is 2.36. The van der Waals surface area contributed by atoms with Crippen LogP contribution in [0.3, 0.4) is 0 Å². The molecule has 9 heteroatoms. The van der Waals surface area contributed by atoms with Gasteiger partial charge in [-0.25, -0.2) is 0 Å². The van der Waals surface area contributed by atoms with Crippen molar-refractivity contribution in [3.8, 4) is 17.2 Å². The maximum atomic E-state index is 12.7. The van der Waals surface area contributed by atoms with E-state index in [-0.39, 0.29) is 22.7 Å². The van der Waals surface area contributed by atoms with E-state index in [1.54, 1.807) is 18.2 Å². The van der Waals surface area contributed by atoms with Gasteiger partial charge < -0.3 is 14.2 Å². The Morgan fingerprint density at radius 2 is 1.74 bits per heavy atom. The Morgan fingerprint density at radius 1 is 1.03 bits per heavy atom. The molecule has 0 atom stereocenters. The zero-order valence-electron chi connectivity index (χ0n) is 22.7. The number of fused-ring (bicyclic) bond motifs is 1. The van der Waals surface area contributed by atoms with E-state index in [0.29, 0.717) is 42.1 Å². The lowest BCUT2D eigenvalue weighted by Crippen LogP contribution is -2.35. The number of nitrogens with one attached hydrogen (secondary N) is 1. The SMILES string of the molecule is CCOc1cc(C=C2C(=N)N3N=C(C(C)C)SC3=NC2=O)ccc1OCCOc1ccc(C(C)(C)C)cc1. The van der Waals surface area contributed by atoms with Crippen LogP contribution in [0.15, 0.2) is 58.1 Å². The van der Waals surface area contributed by atoms with Crippen LogP contribution in [-0.2, 0) is 10.2 Å². The summed E-state index contributed by atoms with van der Waals surface area (Å²) in [5.41, 5.74) is 2.22. The molecule has 0 fully saturated rings. The summed E-state index contributed by atoms with van der Waals surface area (Å²) in [6.07, 6.45) is 1.63. The van der Waals surface area contributed by atoms with Gasteiger partial charge >= 0.3 is 0 Å². The highest BCUT2D eigenvalue weighted by molar-refractivity contribution is 8.27. The predicted molar refractivity (Wildman–Crippen MR) is 154 cm³/mol. The zero-order valence-corrected chi connectivity index (χ0v) is 23.5. The molecule has 0 radical (unpaired) electrons. The molecule has 1 N–H and O–H groups in total. The Hall–Kier alpha value is -3.59. The van der Waals surface area contributed by atoms with Crippen LogP contribution in [-0.4, -0.2) is 46.8 Å². The van der Waals surface area contributed by atoms with Crippen molar-refractivity contribution in [2.24, 2.45) is 16.0 Å². The Balaban J connectivity index is 1.42. The number of amides is 1. The van der Waals surface area contributed by atoms with Gasteiger partial charge in [-0.2, -0.15) is 15.1 Å². The van der Waals surface area contributed by atoms with E-state index in [4.69, 9.17) is 19.6 Å². The van der Waals surface area contributed by atoms with Gasteiger partial charge in [0.25, 0.3) is 5.91 Å². The smallest absolute Gasteiger partial charge is 0.283 e. The van der Waals surface area contributed by atoms with E-state index < -0.39 is 5.91 Å². The second-order valence-corrected chi connectivity index (χ2v) is 11.2. The molecule has 2 aromatic carbocycles. The molecule has 0 bridgehead atoms. The number of thioether (sulfide) groups is 1. The van der Waals surface area contributed by atoms with E-state index in [9.17, 15) is 4.79 Å². The molecule has 2 heterocycles. The van der Waals surface area contributed by atoms with E-state index in [0.717, 1.165) is 10.8 Å². The summed E-state index contributed by atoms with van der Waals surface area (Å²) >= 11 is 1.33. The van der Waals surface area contributed by atoms with Crippen LogP contribution in [0.4, 0.5) is 0 Å². The van der Waals surface area contributed by atoms with Crippen molar-refractivity contribution in [2.45, 2.75) is 47.0 Å². The summed E-state index contributed by atoms with van der Waals surface area (Å²) < 4.78 is 17.6. The minimum Gasteiger partial charge on any atom is -0.490 e. The number of carbonyl (C=O) groups is 1. The summed E-state index contributed by atoms with van der Waals surface area (Å²) in [6, 6.07) is 13.5. The fourth-order valence-electron chi connectivity index (χ4n) is 3.77. The second-order valence-electron chi connectivity index (χ2n) is 10.2. The molecule has 0 saturated carbocycles. The first-order chi connectivity index (χ1) is 18.1. The zero-order chi connectivity index (χ0) is 27.4. The van der Waals surface area contributed by atoms with E-state index in [2.05, 4.69) is 43.0 Å². The van der Waals surface area contributed by atoms with Gasteiger partial charge in [0, 0.05) is 5.92 Å². The van der Waals surface area contributed by atoms with Crippen LogP contribution in [0.5, 0.6) is 17.2 Å². The molecule has 0 aromatic heterocycles. The van der Waals surface area contributed by atoms with Crippen LogP contribution in [0.2, 0.25) is 0 Å². The van der Waals surface area contributed by atoms with Crippen LogP contribution in [0.1, 0.15) is 52.7 Å². The molecular weight excluding hydrogens is 500 g/mol. The number of carbonyl (C=O) groups excluding carboxylic acids is 1. The van der Waals surface area contributed by atoms with Crippen molar-refractivity contribution < 1.29 is 19.0 Å². The minimum atomic E-state index is -0.458. The van der Waals surface area contributed by atoms with Crippen molar-refractivity contribution >= 4 is 39.8 Å². The molecule has 2 aromatic rings. The average Bonchev–Trinajstić information content (AvgIpc) is 3.30. The van der Waals surface area contributed by atoms with E-state index in [1.165, 1.54) is 22.3 Å². The van der Waals surface area contributed by atoms with Crippen LogP contribution >= 0.6 is 11.8 Å². The molecule has 8 nitrogen and oxygen atoms in total. The Labute approximate surface area is 228 Å². The number of nitrogens with zero attached hydrogens (tertiary/aromatic N) is 3. The van der Waals surface area contributed by atoms with Crippen LogP contribution in [0, 0.1) is 11.3 Å². The molecular formula is C29H34N4O4S. The number of benzene rings is 2. The molecule has 2 aliphatic heterocycles. The lowest BCUT2D eigenvalue weighted by atomic mass is 9.87. The van der Waals surface area contributed by atoms with Gasteiger partial charge in [-0.05, 0) is 65.6 Å². The van der Waals surface area contributed by atoms with Crippen molar-refractivity contribution in [1.82, 2.24) is 5.01 Å². The molecule has 0 saturated heterocycles. The fraction of sp³-hybridized carbons (Fsp3) is 0.379. The summed E-state index contributed by atoms with van der Waals surface area (Å²) in [5, 5.41) is 15.7. The second kappa shape index (κ2) is 11.4. The molecule has 0 aliphatic carbocycles. The molecule has 1 amide bonds. The van der Waals surface area contributed by atoms with Crippen LogP contribution in [0.25, 0.3) is 6.08 Å². The van der Waals surface area contributed by atoms with Crippen molar-refractivity contribution in [1.29, 1.82) is 5.41 Å². The standard InChI is InChI=1S/C29H34N4O4S/c1-7-35-24-17-19(16-22-25(30)33-28(31-26(22)34)38-27(32-33)18(2)3)8-13-23(24)37-15-14-36-21-11-9-20(10-12-21)29(4,5)6/h8-13,16-18,30H,7,14-15H2,1-6H3. The van der Waals surface area contributed by atoms with Crippen molar-refractivity contribution in [3.63, 3.8) is 0 Å². The van der Waals surface area contributed by atoms with Gasteiger partial charge in [-0.3, -0.25) is 10.2 Å². The Morgan fingerprint density at radius 3 is 2.39 bits per heavy atom. The number of hydrogen-bond donors (Lipinski definition) is 1. The van der Waals surface area contributed by atoms with Gasteiger partial charge in [-0.1, -0.05) is 52.8 Å². The predicted octanol–water partition coefficient (Wildman–Crippen LogP) is 6.12. The number of hydrogen-bond acceptors (Lipinski definition) is 7. The molecule has 0 unspecified atom stereocenters. The van der Waals surface area contributed by atoms with Gasteiger partial charge in [0.15, 0.2) is 17.3 Å². The summed E-state index contributed by atoms with van der Waals surface area (Å²) in [7, 11) is 0. The topological polar surface area (TPSA) is 96.6 Å². The number of amidine groups is 2. The van der Waals surface area contributed by atoms with Crippen molar-refractivity contribution in [2.75, 3.05) is 19.8 Å². The summed E-state index contributed by atoms with van der Waals surface area (Å²) in [5.74, 6) is 1.65. The molecule has 200 valence electrons. The lowest BCUT2D eigenvalue weighted by Gasteiger charge is -2.20. The molecule has 0 spiro atoms. The fourth-order valence-corrected chi connectivity index (χ4v) is 4.66. The van der Waals surface area contributed by atoms with Gasteiger partial charge in [0.1, 0.15) is 24.0 Å². The molecule has 2 aliphatic rings. The van der Waals surface area contributed by atoms with Gasteiger partial charge in [0.05, 0.1) is 12.2 Å². The van der Waals surface area contributed by atoms with Gasteiger partial charge in [-0.15, -0.1) is 0 Å². The summed E-state index contributed by atoms with van der Waals surface area (Å²) in [4.78, 5) is 16.9. The van der Waals surface area contributed by atoms with E-state index in [1.807, 2.05) is 39.0 Å². The number of aliphatic imine (C=N–C) groups is 1. The maximum absolute atomic E-state index is 12.7. The average molecular weight is 535 g/mol. The molecule has 38 heavy (non-hydrogen) atoms. The highest BCUT2D eigenvalue weighted by atomic mass is 32.2. The van der Waals surface area contributed by atoms with Crippen molar-refractivity contribution in [3.05, 3.63) is 59.2 Å². The quantitative estimate of drug-likeness (QED) is 0.308. The number of rotatable bonds is 9. The largest absolute Gasteiger partial charge is 0.490 e. The van der Waals surface area contributed by atoms with Crippen LogP contribution < -0.4 is 14.2 Å². The third-order valence-electron chi connectivity index (χ3n) is 5.87. The minimum absolute atomic E-state index is 0.00844. The number of ether oxygens (including phenoxy) is 3. The Bertz CT molecular complexity index is 1310. The lowest BCUT2D eigenvalue weighted by molar-refractivity contribution is -0.114. The monoisotopic (exact) mass is 534 g/mol. The first kappa shape index (κ1) is 27.4. The first-order valence-corrected chi connectivity index (χ1v) is 13.5. The highest BCUT2D eigenvalue weighted by Crippen LogP contribution is 2.33. The first-order valence-electron chi connectivity index (χ1n) is 12.7. The Kier molecular flexibility index (Phi) is 8.26.